The molecule has 0 bridgehead atoms. The molecule has 5 N–H and O–H groups in total. The largest absolute Gasteiger partial charge is 0.459 e. The van der Waals surface area contributed by atoms with Crippen molar-refractivity contribution in [2.24, 2.45) is 23.2 Å². The minimum absolute atomic E-state index is 0.000972. The molecule has 6 rings (SSSR count). The monoisotopic (exact) mass is 1240 g/mol. The van der Waals surface area contributed by atoms with Gasteiger partial charge in [0.15, 0.2) is 18.7 Å². The van der Waals surface area contributed by atoms with Crippen LogP contribution >= 0.6 is 11.6 Å². The molecule has 0 amide bonds. The van der Waals surface area contributed by atoms with Gasteiger partial charge in [-0.2, -0.15) is 0 Å². The fourth-order valence-corrected chi connectivity index (χ4v) is 12.6. The molecule has 2 aromatic rings. The number of anilines is 1. The number of fused-ring (bicyclic) bond motifs is 1. The lowest BCUT2D eigenvalue weighted by atomic mass is 9.77. The Balaban J connectivity index is 1.15. The van der Waals surface area contributed by atoms with Crippen LogP contribution in [-0.4, -0.2) is 210 Å². The SMILES string of the molecule is CC[C@H]1OC(=O)[C@H](C)[C@@H](O[C@H]2C[C@@](C)(OC)[C@@H](OC(=O)CCOCCNc3cc4c(=O)c(C(=O)OCOC(=O)C(C)(C)C)cn(C5CC5)c4cc3Cl)[C@H](C)O2)[C@H](C)[C@@H](O[C@@H]2O[C@H](C)C[C@H](N(C)C)[C@H]2O)[C@](C)(O)C[C@@H](C)CN(C)[C@H](C)[C@@H](O)[C@]1(C)O. The molecule has 1 aliphatic carbocycles. The molecule has 4 aliphatic rings. The second-order valence-corrected chi connectivity index (χ2v) is 26.9. The predicted octanol–water partition coefficient (Wildman–Crippen LogP) is 5.98. The molecule has 0 spiro atoms. The highest BCUT2D eigenvalue weighted by Gasteiger charge is 2.54. The number of benzene rings is 1. The fraction of sp³-hybridized carbons (Fsp3) is 0.790. The molecular formula is C62H99ClN4O19. The minimum Gasteiger partial charge on any atom is -0.459 e. The van der Waals surface area contributed by atoms with Gasteiger partial charge in [0.2, 0.25) is 12.2 Å². The van der Waals surface area contributed by atoms with E-state index in [1.807, 2.05) is 49.4 Å². The van der Waals surface area contributed by atoms with Crippen LogP contribution in [0.25, 0.3) is 10.9 Å². The van der Waals surface area contributed by atoms with Gasteiger partial charge in [-0.05, 0) is 141 Å². The number of ether oxygens (including phenoxy) is 10. The van der Waals surface area contributed by atoms with Crippen molar-refractivity contribution in [2.75, 3.05) is 66.7 Å². The number of cyclic esters (lactones) is 1. The molecule has 1 aromatic heterocycles. The molecule has 18 atom stereocenters. The van der Waals surface area contributed by atoms with Gasteiger partial charge in [-0.1, -0.05) is 32.4 Å². The molecule has 0 unspecified atom stereocenters. The second-order valence-electron chi connectivity index (χ2n) is 26.5. The summed E-state index contributed by atoms with van der Waals surface area (Å²) in [5.41, 5.74) is -5.40. The van der Waals surface area contributed by atoms with E-state index in [4.69, 9.17) is 59.0 Å². The third kappa shape index (κ3) is 17.0. The van der Waals surface area contributed by atoms with E-state index < -0.39 is 132 Å². The first-order valence-corrected chi connectivity index (χ1v) is 30.7. The van der Waals surface area contributed by atoms with E-state index in [0.29, 0.717) is 29.2 Å². The Morgan fingerprint density at radius 2 is 1.60 bits per heavy atom. The first kappa shape index (κ1) is 71.0. The first-order valence-electron chi connectivity index (χ1n) is 30.3. The Morgan fingerprint density at radius 1 is 0.930 bits per heavy atom. The van der Waals surface area contributed by atoms with Crippen LogP contribution in [0.5, 0.6) is 0 Å². The molecule has 1 aromatic carbocycles. The van der Waals surface area contributed by atoms with Gasteiger partial charge in [0.05, 0.1) is 77.2 Å². The first-order chi connectivity index (χ1) is 40.1. The highest BCUT2D eigenvalue weighted by molar-refractivity contribution is 6.34. The van der Waals surface area contributed by atoms with Crippen LogP contribution in [-0.2, 0) is 61.8 Å². The number of methoxy groups -OCH3 is 1. The van der Waals surface area contributed by atoms with Gasteiger partial charge in [0.1, 0.15) is 35.1 Å². The number of hydrogen-bond acceptors (Lipinski definition) is 22. The molecule has 4 fully saturated rings. The molecule has 3 aliphatic heterocycles. The average molecular weight is 1240 g/mol. The number of aromatic nitrogens is 1. The lowest BCUT2D eigenvalue weighted by Crippen LogP contribution is -2.61. The summed E-state index contributed by atoms with van der Waals surface area (Å²) in [5, 5.41) is 52.0. The normalized spacial score (nSPS) is 35.5. The Labute approximate surface area is 511 Å². The second kappa shape index (κ2) is 29.3. The topological polar surface area (TPSA) is 282 Å². The van der Waals surface area contributed by atoms with E-state index in [0.717, 1.165) is 12.8 Å². The Hall–Kier alpha value is -4.08. The summed E-state index contributed by atoms with van der Waals surface area (Å²) in [6, 6.07) is 2.35. The molecule has 24 heteroatoms. The number of esters is 4. The van der Waals surface area contributed by atoms with E-state index >= 15 is 0 Å². The fourth-order valence-electron chi connectivity index (χ4n) is 12.4. The zero-order valence-corrected chi connectivity index (χ0v) is 54.3. The summed E-state index contributed by atoms with van der Waals surface area (Å²) in [6.45, 7) is 22.4. The molecule has 0 radical (unpaired) electrons. The van der Waals surface area contributed by atoms with Crippen LogP contribution in [0.15, 0.2) is 23.1 Å². The zero-order chi connectivity index (χ0) is 64.1. The molecule has 86 heavy (non-hydrogen) atoms. The van der Waals surface area contributed by atoms with Crippen LogP contribution in [0.1, 0.15) is 151 Å². The maximum atomic E-state index is 14.6. The summed E-state index contributed by atoms with van der Waals surface area (Å²) in [5.74, 6) is -5.06. The summed E-state index contributed by atoms with van der Waals surface area (Å²) >= 11 is 6.73. The Bertz CT molecular complexity index is 2700. The van der Waals surface area contributed by atoms with Crippen molar-refractivity contribution in [1.29, 1.82) is 0 Å². The number of hydrogen-bond donors (Lipinski definition) is 5. The number of carbonyl (C=O) groups is 4. The third-order valence-electron chi connectivity index (χ3n) is 17.7. The van der Waals surface area contributed by atoms with Crippen LogP contribution in [0.2, 0.25) is 5.02 Å². The van der Waals surface area contributed by atoms with Crippen molar-refractivity contribution < 1.29 is 87.0 Å². The zero-order valence-electron chi connectivity index (χ0n) is 53.6. The number of nitrogens with one attached hydrogen (secondary N) is 1. The van der Waals surface area contributed by atoms with Crippen molar-refractivity contribution in [3.63, 3.8) is 0 Å². The number of halogens is 1. The number of pyridine rings is 1. The van der Waals surface area contributed by atoms with Gasteiger partial charge >= 0.3 is 23.9 Å². The van der Waals surface area contributed by atoms with Gasteiger partial charge in [-0.25, -0.2) is 4.79 Å². The van der Waals surface area contributed by atoms with Crippen molar-refractivity contribution in [3.05, 3.63) is 39.1 Å². The molecular weight excluding hydrogens is 1140 g/mol. The van der Waals surface area contributed by atoms with Gasteiger partial charge in [0, 0.05) is 62.2 Å². The van der Waals surface area contributed by atoms with Crippen LogP contribution in [0.3, 0.4) is 0 Å². The quantitative estimate of drug-likeness (QED) is 0.0468. The Kier molecular flexibility index (Phi) is 24.2. The number of aliphatic hydroxyl groups is 4. The molecule has 488 valence electrons. The van der Waals surface area contributed by atoms with Gasteiger partial charge in [-0.15, -0.1) is 0 Å². The number of carbonyl (C=O) groups excluding carboxylic acids is 4. The highest BCUT2D eigenvalue weighted by Crippen LogP contribution is 2.42. The molecule has 23 nitrogen and oxygen atoms in total. The molecule has 1 saturated carbocycles. The van der Waals surface area contributed by atoms with Gasteiger partial charge in [0.25, 0.3) is 0 Å². The van der Waals surface area contributed by atoms with Crippen molar-refractivity contribution in [1.82, 2.24) is 14.4 Å². The lowest BCUT2D eigenvalue weighted by molar-refractivity contribution is -0.318. The van der Waals surface area contributed by atoms with Crippen LogP contribution in [0, 0.1) is 23.2 Å². The van der Waals surface area contributed by atoms with E-state index in [1.165, 1.54) is 20.2 Å². The van der Waals surface area contributed by atoms with E-state index in [-0.39, 0.29) is 80.5 Å². The maximum absolute atomic E-state index is 14.6. The van der Waals surface area contributed by atoms with Crippen LogP contribution < -0.4 is 10.7 Å². The van der Waals surface area contributed by atoms with E-state index in [1.54, 1.807) is 81.4 Å². The van der Waals surface area contributed by atoms with Gasteiger partial charge < -0.3 is 87.5 Å². The van der Waals surface area contributed by atoms with Crippen molar-refractivity contribution in [2.45, 2.75) is 231 Å². The predicted molar refractivity (Wildman–Crippen MR) is 319 cm³/mol. The highest BCUT2D eigenvalue weighted by atomic mass is 35.5. The smallest absolute Gasteiger partial charge is 0.346 e. The van der Waals surface area contributed by atoms with E-state index in [9.17, 15) is 44.4 Å². The van der Waals surface area contributed by atoms with Crippen molar-refractivity contribution >= 4 is 52.1 Å². The number of rotatable bonds is 19. The van der Waals surface area contributed by atoms with Crippen molar-refractivity contribution in [3.8, 4) is 0 Å². The number of aliphatic hydroxyl groups excluding tert-OH is 2. The summed E-state index contributed by atoms with van der Waals surface area (Å²) in [6.07, 6.45) is -6.46. The van der Waals surface area contributed by atoms with E-state index in [2.05, 4.69) is 5.32 Å². The number of likely N-dealkylation sites (N-methyl/N-ethyl adjacent to an activating group) is 2. The lowest BCUT2D eigenvalue weighted by Gasteiger charge is -2.49. The standard InChI is InChI=1S/C62H99ClN4O19/c1-18-46-62(13,76)52(71)37(6)66(16)30-33(2)28-60(11,75)53(86-57-50(70)45(65(14)15)25-34(3)81-57)35(4)51(36(5)55(72)83-46)85-48-29-61(12,77-17)54(38(7)82-48)84-47(68)21-23-78-24-22-64-43-26-40-44(27-42(43)63)67(39-19-20-39)31-41(49(40)69)56(73)79-32-80-58(74)59(8,9)10/h26-27,31,33-39,45-46,48,50-54,57,64,70-71,75-76H,18-25,28-30,32H2,1-17H3/t33-,34-,35+,36-,37-,38+,45+,46-,48+,50-,51+,52-,53-,54+,57+,60-,61-,62-/m1/s1. The molecule has 4 heterocycles. The number of nitrogens with zero attached hydrogens (tertiary/aromatic N) is 3. The van der Waals surface area contributed by atoms with Crippen LogP contribution in [0.4, 0.5) is 5.69 Å². The summed E-state index contributed by atoms with van der Waals surface area (Å²) < 4.78 is 62.8. The maximum Gasteiger partial charge on any atom is 0.346 e. The van der Waals surface area contributed by atoms with Gasteiger partial charge in [-0.3, -0.25) is 19.2 Å². The Morgan fingerprint density at radius 3 is 2.22 bits per heavy atom. The summed E-state index contributed by atoms with van der Waals surface area (Å²) in [7, 11) is 7.03. The molecule has 3 saturated heterocycles. The summed E-state index contributed by atoms with van der Waals surface area (Å²) in [4.78, 5) is 71.2. The average Bonchev–Trinajstić information content (AvgIpc) is 3.13. The third-order valence-corrected chi connectivity index (χ3v) is 18.0. The minimum atomic E-state index is -1.88.